The van der Waals surface area contributed by atoms with E-state index < -0.39 is 5.97 Å². The van der Waals surface area contributed by atoms with Gasteiger partial charge >= 0.3 is 5.97 Å². The fourth-order valence-corrected chi connectivity index (χ4v) is 3.04. The second kappa shape index (κ2) is 8.91. The molecular formula is C18H28N2O2. The topological polar surface area (TPSA) is 43.8 Å². The summed E-state index contributed by atoms with van der Waals surface area (Å²) in [5.74, 6) is -0.682. The van der Waals surface area contributed by atoms with Crippen molar-refractivity contribution in [2.75, 3.05) is 26.2 Å². The second-order valence-electron chi connectivity index (χ2n) is 6.29. The monoisotopic (exact) mass is 304 g/mol. The Hall–Kier alpha value is -1.39. The molecule has 0 bridgehead atoms. The number of carboxylic acids is 1. The summed E-state index contributed by atoms with van der Waals surface area (Å²) in [5, 5.41) is 8.68. The highest BCUT2D eigenvalue weighted by Crippen LogP contribution is 2.15. The van der Waals surface area contributed by atoms with Crippen molar-refractivity contribution in [3.05, 3.63) is 35.9 Å². The van der Waals surface area contributed by atoms with Gasteiger partial charge in [-0.2, -0.15) is 0 Å². The summed E-state index contributed by atoms with van der Waals surface area (Å²) in [6, 6.07) is 11.3. The van der Waals surface area contributed by atoms with Crippen molar-refractivity contribution in [3.63, 3.8) is 0 Å². The van der Waals surface area contributed by atoms with Crippen LogP contribution in [0.3, 0.4) is 0 Å². The maximum atomic E-state index is 10.5. The first kappa shape index (κ1) is 17.0. The lowest BCUT2D eigenvalue weighted by molar-refractivity contribution is -0.137. The Balaban J connectivity index is 1.76. The highest BCUT2D eigenvalue weighted by atomic mass is 16.4. The van der Waals surface area contributed by atoms with Crippen molar-refractivity contribution in [2.24, 2.45) is 0 Å². The second-order valence-corrected chi connectivity index (χ2v) is 6.29. The van der Waals surface area contributed by atoms with E-state index in [-0.39, 0.29) is 0 Å². The minimum absolute atomic E-state index is 0.296. The molecule has 0 aliphatic carbocycles. The van der Waals surface area contributed by atoms with Gasteiger partial charge in [0.2, 0.25) is 0 Å². The van der Waals surface area contributed by atoms with Crippen LogP contribution in [0.4, 0.5) is 0 Å². The number of aliphatic carboxylic acids is 1. The smallest absolute Gasteiger partial charge is 0.303 e. The van der Waals surface area contributed by atoms with Gasteiger partial charge in [0.25, 0.3) is 0 Å². The van der Waals surface area contributed by atoms with E-state index in [0.29, 0.717) is 12.5 Å². The van der Waals surface area contributed by atoms with Crippen LogP contribution in [0.1, 0.15) is 38.2 Å². The molecule has 0 spiro atoms. The molecule has 1 unspecified atom stereocenters. The maximum absolute atomic E-state index is 10.5. The molecule has 122 valence electrons. The van der Waals surface area contributed by atoms with Crippen molar-refractivity contribution in [2.45, 2.75) is 45.2 Å². The summed E-state index contributed by atoms with van der Waals surface area (Å²) in [6.45, 7) is 7.67. The van der Waals surface area contributed by atoms with Crippen molar-refractivity contribution in [3.8, 4) is 0 Å². The van der Waals surface area contributed by atoms with Gasteiger partial charge in [-0.15, -0.1) is 0 Å². The molecule has 0 aromatic heterocycles. The van der Waals surface area contributed by atoms with Crippen LogP contribution in [-0.2, 0) is 11.3 Å². The van der Waals surface area contributed by atoms with Gasteiger partial charge in [0, 0.05) is 32.1 Å². The fraction of sp³-hybridized carbons (Fsp3) is 0.611. The average Bonchev–Trinajstić information content (AvgIpc) is 2.68. The molecule has 0 amide bonds. The predicted molar refractivity (Wildman–Crippen MR) is 88.9 cm³/mol. The average molecular weight is 304 g/mol. The molecule has 0 radical (unpaired) electrons. The predicted octanol–water partition coefficient (Wildman–Crippen LogP) is 2.84. The third kappa shape index (κ3) is 5.78. The lowest BCUT2D eigenvalue weighted by Gasteiger charge is -2.26. The van der Waals surface area contributed by atoms with E-state index in [1.807, 2.05) is 0 Å². The molecule has 1 heterocycles. The Bertz CT molecular complexity index is 450. The molecule has 22 heavy (non-hydrogen) atoms. The third-order valence-corrected chi connectivity index (χ3v) is 4.53. The number of unbranched alkanes of at least 4 members (excludes halogenated alkanes) is 1. The molecule has 1 saturated heterocycles. The molecule has 1 aliphatic rings. The number of hydrogen-bond donors (Lipinski definition) is 1. The van der Waals surface area contributed by atoms with E-state index in [1.54, 1.807) is 0 Å². The van der Waals surface area contributed by atoms with Crippen LogP contribution in [0.2, 0.25) is 0 Å². The Labute approximate surface area is 133 Å². The molecule has 1 fully saturated rings. The summed E-state index contributed by atoms with van der Waals surface area (Å²) >= 11 is 0. The van der Waals surface area contributed by atoms with Crippen molar-refractivity contribution in [1.82, 2.24) is 9.80 Å². The first-order valence-electron chi connectivity index (χ1n) is 8.37. The van der Waals surface area contributed by atoms with Crippen LogP contribution in [0.25, 0.3) is 0 Å². The maximum Gasteiger partial charge on any atom is 0.303 e. The number of carboxylic acid groups (broad SMARTS) is 1. The van der Waals surface area contributed by atoms with E-state index in [0.717, 1.165) is 45.6 Å². The van der Waals surface area contributed by atoms with Crippen LogP contribution < -0.4 is 0 Å². The highest BCUT2D eigenvalue weighted by molar-refractivity contribution is 5.66. The normalized spacial score (nSPS) is 20.7. The van der Waals surface area contributed by atoms with Gasteiger partial charge in [-0.3, -0.25) is 9.69 Å². The third-order valence-electron chi connectivity index (χ3n) is 4.53. The Kier molecular flexibility index (Phi) is 6.87. The van der Waals surface area contributed by atoms with Gasteiger partial charge in [0.15, 0.2) is 0 Å². The summed E-state index contributed by atoms with van der Waals surface area (Å²) in [4.78, 5) is 15.6. The highest BCUT2D eigenvalue weighted by Gasteiger charge is 2.20. The quantitative estimate of drug-likeness (QED) is 0.787. The van der Waals surface area contributed by atoms with Gasteiger partial charge in [0.1, 0.15) is 0 Å². The first-order valence-corrected chi connectivity index (χ1v) is 8.37. The number of carbonyl (C=O) groups is 1. The summed E-state index contributed by atoms with van der Waals surface area (Å²) in [6.07, 6.45) is 3.25. The van der Waals surface area contributed by atoms with Crippen LogP contribution in [0.15, 0.2) is 30.3 Å². The zero-order valence-corrected chi connectivity index (χ0v) is 13.6. The van der Waals surface area contributed by atoms with Gasteiger partial charge in [-0.25, -0.2) is 0 Å². The molecular weight excluding hydrogens is 276 g/mol. The van der Waals surface area contributed by atoms with Crippen LogP contribution in [0, 0.1) is 0 Å². The number of nitrogens with zero attached hydrogens (tertiary/aromatic N) is 2. The lowest BCUT2D eigenvalue weighted by Crippen LogP contribution is -2.34. The van der Waals surface area contributed by atoms with Gasteiger partial charge in [0.05, 0.1) is 0 Å². The van der Waals surface area contributed by atoms with Gasteiger partial charge in [-0.1, -0.05) is 30.3 Å². The van der Waals surface area contributed by atoms with Crippen molar-refractivity contribution < 1.29 is 9.90 Å². The minimum Gasteiger partial charge on any atom is -0.481 e. The van der Waals surface area contributed by atoms with Crippen LogP contribution in [-0.4, -0.2) is 53.1 Å². The molecule has 1 aromatic rings. The molecule has 4 heteroatoms. The molecule has 0 saturated carbocycles. The number of rotatable bonds is 7. The van der Waals surface area contributed by atoms with Crippen LogP contribution in [0.5, 0.6) is 0 Å². The van der Waals surface area contributed by atoms with Crippen molar-refractivity contribution >= 4 is 5.97 Å². The van der Waals surface area contributed by atoms with E-state index in [9.17, 15) is 4.79 Å². The first-order chi connectivity index (χ1) is 10.6. The van der Waals surface area contributed by atoms with E-state index in [1.165, 1.54) is 12.0 Å². The Morgan fingerprint density at radius 3 is 2.68 bits per heavy atom. The zero-order chi connectivity index (χ0) is 15.8. The Morgan fingerprint density at radius 1 is 1.18 bits per heavy atom. The summed E-state index contributed by atoms with van der Waals surface area (Å²) < 4.78 is 0. The summed E-state index contributed by atoms with van der Waals surface area (Å²) in [7, 11) is 0. The SMILES string of the molecule is CC1CCN(CCCCC(=O)O)CCN1Cc1ccccc1. The molecule has 1 atom stereocenters. The fourth-order valence-electron chi connectivity index (χ4n) is 3.04. The lowest BCUT2D eigenvalue weighted by atomic mass is 10.1. The molecule has 1 aromatic carbocycles. The van der Waals surface area contributed by atoms with E-state index in [2.05, 4.69) is 47.1 Å². The number of benzene rings is 1. The zero-order valence-electron chi connectivity index (χ0n) is 13.6. The summed E-state index contributed by atoms with van der Waals surface area (Å²) in [5.41, 5.74) is 1.38. The van der Waals surface area contributed by atoms with E-state index in [4.69, 9.17) is 5.11 Å². The standard InChI is InChI=1S/C18H28N2O2/c1-16-10-12-19(11-6-5-9-18(21)22)13-14-20(16)15-17-7-3-2-4-8-17/h2-4,7-8,16H,5-6,9-15H2,1H3,(H,21,22). The van der Waals surface area contributed by atoms with Crippen LogP contribution >= 0.6 is 0 Å². The molecule has 1 aliphatic heterocycles. The molecule has 2 rings (SSSR count). The number of hydrogen-bond acceptors (Lipinski definition) is 3. The van der Waals surface area contributed by atoms with Gasteiger partial charge < -0.3 is 10.0 Å². The minimum atomic E-state index is -0.682. The molecule has 4 nitrogen and oxygen atoms in total. The Morgan fingerprint density at radius 2 is 1.95 bits per heavy atom. The van der Waals surface area contributed by atoms with Crippen molar-refractivity contribution in [1.29, 1.82) is 0 Å². The largest absolute Gasteiger partial charge is 0.481 e. The van der Waals surface area contributed by atoms with Gasteiger partial charge in [-0.05, 0) is 44.8 Å². The molecule has 1 N–H and O–H groups in total. The van der Waals surface area contributed by atoms with E-state index >= 15 is 0 Å².